The van der Waals surface area contributed by atoms with Gasteiger partial charge in [0.25, 0.3) is 0 Å². The summed E-state index contributed by atoms with van der Waals surface area (Å²) < 4.78 is 3.11. The average Bonchev–Trinajstić information content (AvgIpc) is 2.71. The lowest BCUT2D eigenvalue weighted by atomic mass is 10.2. The van der Waals surface area contributed by atoms with Crippen LogP contribution in [0.2, 0.25) is 0 Å². The molecule has 0 aliphatic carbocycles. The number of aromatic nitrogens is 2. The van der Waals surface area contributed by atoms with Gasteiger partial charge in [-0.3, -0.25) is 0 Å². The summed E-state index contributed by atoms with van der Waals surface area (Å²) in [7, 11) is 0. The Morgan fingerprint density at radius 1 is 1.44 bits per heavy atom. The molecule has 0 bridgehead atoms. The van der Waals surface area contributed by atoms with Gasteiger partial charge in [-0.05, 0) is 47.5 Å². The van der Waals surface area contributed by atoms with Gasteiger partial charge in [0, 0.05) is 23.4 Å². The third kappa shape index (κ3) is 2.27. The zero-order valence-corrected chi connectivity index (χ0v) is 11.0. The van der Waals surface area contributed by atoms with Gasteiger partial charge in [0.1, 0.15) is 0 Å². The summed E-state index contributed by atoms with van der Waals surface area (Å²) in [6.07, 6.45) is 3.77. The van der Waals surface area contributed by atoms with Crippen molar-refractivity contribution in [3.8, 4) is 0 Å². The fraction of sp³-hybridized carbons (Fsp3) is 0.250. The van der Waals surface area contributed by atoms with E-state index in [1.54, 1.807) is 6.20 Å². The lowest BCUT2D eigenvalue weighted by Crippen LogP contribution is -2.01. The van der Waals surface area contributed by atoms with Crippen molar-refractivity contribution < 1.29 is 0 Å². The summed E-state index contributed by atoms with van der Waals surface area (Å²) >= 11 is 3.52. The van der Waals surface area contributed by atoms with Crippen LogP contribution in [0.1, 0.15) is 12.5 Å². The Hall–Kier alpha value is -1.29. The molecule has 0 saturated carbocycles. The van der Waals surface area contributed by atoms with Crippen LogP contribution in [-0.4, -0.2) is 9.55 Å². The Morgan fingerprint density at radius 3 is 3.00 bits per heavy atom. The normalized spacial score (nSPS) is 10.4. The van der Waals surface area contributed by atoms with E-state index >= 15 is 0 Å². The van der Waals surface area contributed by atoms with E-state index in [1.807, 2.05) is 12.3 Å². The van der Waals surface area contributed by atoms with Crippen molar-refractivity contribution in [3.05, 3.63) is 40.6 Å². The Labute approximate surface area is 104 Å². The number of nitrogens with zero attached hydrogens (tertiary/aromatic N) is 2. The maximum absolute atomic E-state index is 4.28. The molecule has 0 amide bonds. The first-order chi connectivity index (χ1) is 7.70. The topological polar surface area (TPSA) is 29.9 Å². The molecular formula is C12H14BrN3. The van der Waals surface area contributed by atoms with Crippen LogP contribution in [0.25, 0.3) is 0 Å². The van der Waals surface area contributed by atoms with Crippen LogP contribution in [-0.2, 0) is 6.54 Å². The van der Waals surface area contributed by atoms with Gasteiger partial charge in [0.2, 0.25) is 5.95 Å². The fourth-order valence-electron chi connectivity index (χ4n) is 1.54. The monoisotopic (exact) mass is 279 g/mol. The van der Waals surface area contributed by atoms with Crippen LogP contribution in [0.15, 0.2) is 35.1 Å². The molecule has 2 rings (SSSR count). The lowest BCUT2D eigenvalue weighted by molar-refractivity contribution is 0.771. The Morgan fingerprint density at radius 2 is 2.25 bits per heavy atom. The molecule has 0 fully saturated rings. The van der Waals surface area contributed by atoms with Crippen molar-refractivity contribution in [3.63, 3.8) is 0 Å². The highest BCUT2D eigenvalue weighted by atomic mass is 79.9. The van der Waals surface area contributed by atoms with Crippen LogP contribution < -0.4 is 5.32 Å². The number of aryl methyl sites for hydroxylation is 2. The SMILES string of the molecule is CCn1ccnc1Nc1cc(C)ccc1Br. The zero-order chi connectivity index (χ0) is 11.5. The zero-order valence-electron chi connectivity index (χ0n) is 9.37. The summed E-state index contributed by atoms with van der Waals surface area (Å²) in [4.78, 5) is 4.28. The quantitative estimate of drug-likeness (QED) is 0.928. The molecule has 0 aliphatic heterocycles. The Kier molecular flexibility index (Phi) is 3.29. The Bertz CT molecular complexity index is 491. The average molecular weight is 280 g/mol. The van der Waals surface area contributed by atoms with E-state index < -0.39 is 0 Å². The van der Waals surface area contributed by atoms with E-state index in [2.05, 4.69) is 56.8 Å². The van der Waals surface area contributed by atoms with Gasteiger partial charge in [0.15, 0.2) is 0 Å². The van der Waals surface area contributed by atoms with E-state index in [0.717, 1.165) is 22.7 Å². The summed E-state index contributed by atoms with van der Waals surface area (Å²) in [6, 6.07) is 6.21. The van der Waals surface area contributed by atoms with Crippen molar-refractivity contribution in [1.29, 1.82) is 0 Å². The fourth-order valence-corrected chi connectivity index (χ4v) is 1.89. The van der Waals surface area contributed by atoms with Crippen LogP contribution >= 0.6 is 15.9 Å². The second-order valence-corrected chi connectivity index (χ2v) is 4.50. The number of imidazole rings is 1. The predicted molar refractivity (Wildman–Crippen MR) is 70.1 cm³/mol. The number of benzene rings is 1. The van der Waals surface area contributed by atoms with Gasteiger partial charge >= 0.3 is 0 Å². The van der Waals surface area contributed by atoms with Gasteiger partial charge in [-0.2, -0.15) is 0 Å². The Balaban J connectivity index is 2.30. The molecule has 0 spiro atoms. The van der Waals surface area contributed by atoms with Crippen molar-refractivity contribution in [2.45, 2.75) is 20.4 Å². The maximum atomic E-state index is 4.28. The summed E-state index contributed by atoms with van der Waals surface area (Å²) in [5.41, 5.74) is 2.27. The number of hydrogen-bond acceptors (Lipinski definition) is 2. The van der Waals surface area contributed by atoms with E-state index in [0.29, 0.717) is 0 Å². The van der Waals surface area contributed by atoms with Crippen LogP contribution in [0.5, 0.6) is 0 Å². The van der Waals surface area contributed by atoms with Gasteiger partial charge < -0.3 is 9.88 Å². The number of halogens is 1. The number of hydrogen-bond donors (Lipinski definition) is 1. The van der Waals surface area contributed by atoms with Gasteiger partial charge in [-0.1, -0.05) is 6.07 Å². The highest BCUT2D eigenvalue weighted by Crippen LogP contribution is 2.26. The first-order valence-electron chi connectivity index (χ1n) is 5.25. The molecule has 0 radical (unpaired) electrons. The van der Waals surface area contributed by atoms with Crippen LogP contribution in [0.3, 0.4) is 0 Å². The molecule has 0 atom stereocenters. The molecule has 2 aromatic rings. The molecule has 1 aromatic carbocycles. The minimum Gasteiger partial charge on any atom is -0.325 e. The van der Waals surface area contributed by atoms with E-state index in [9.17, 15) is 0 Å². The van der Waals surface area contributed by atoms with Gasteiger partial charge in [-0.25, -0.2) is 4.98 Å². The second kappa shape index (κ2) is 4.70. The van der Waals surface area contributed by atoms with Crippen LogP contribution in [0.4, 0.5) is 11.6 Å². The third-order valence-corrected chi connectivity index (χ3v) is 3.12. The smallest absolute Gasteiger partial charge is 0.207 e. The highest BCUT2D eigenvalue weighted by Gasteiger charge is 2.04. The molecule has 1 aromatic heterocycles. The highest BCUT2D eigenvalue weighted by molar-refractivity contribution is 9.10. The molecule has 16 heavy (non-hydrogen) atoms. The van der Waals surface area contributed by atoms with E-state index in [-0.39, 0.29) is 0 Å². The molecule has 0 saturated heterocycles. The standard InChI is InChI=1S/C12H14BrN3/c1-3-16-7-6-14-12(16)15-11-8-9(2)4-5-10(11)13/h4-8H,3H2,1-2H3,(H,14,15). The molecule has 84 valence electrons. The van der Waals surface area contributed by atoms with Crippen LogP contribution in [0, 0.1) is 6.92 Å². The number of anilines is 2. The predicted octanol–water partition coefficient (Wildman–Crippen LogP) is 3.72. The minimum atomic E-state index is 0.869. The molecule has 1 N–H and O–H groups in total. The number of nitrogens with one attached hydrogen (secondary N) is 1. The van der Waals surface area contributed by atoms with Crippen molar-refractivity contribution in [2.24, 2.45) is 0 Å². The molecular weight excluding hydrogens is 266 g/mol. The lowest BCUT2D eigenvalue weighted by Gasteiger charge is -2.10. The van der Waals surface area contributed by atoms with Crippen molar-refractivity contribution >= 4 is 27.6 Å². The van der Waals surface area contributed by atoms with E-state index in [4.69, 9.17) is 0 Å². The number of rotatable bonds is 3. The largest absolute Gasteiger partial charge is 0.325 e. The molecule has 4 heteroatoms. The summed E-state index contributed by atoms with van der Waals surface area (Å²) in [5, 5.41) is 3.32. The van der Waals surface area contributed by atoms with Gasteiger partial charge in [0.05, 0.1) is 5.69 Å². The van der Waals surface area contributed by atoms with Crippen molar-refractivity contribution in [1.82, 2.24) is 9.55 Å². The first-order valence-corrected chi connectivity index (χ1v) is 6.04. The molecule has 1 heterocycles. The van der Waals surface area contributed by atoms with Gasteiger partial charge in [-0.15, -0.1) is 0 Å². The van der Waals surface area contributed by atoms with Crippen molar-refractivity contribution in [2.75, 3.05) is 5.32 Å². The van der Waals surface area contributed by atoms with E-state index in [1.165, 1.54) is 5.56 Å². The second-order valence-electron chi connectivity index (χ2n) is 3.65. The molecule has 0 unspecified atom stereocenters. The summed E-state index contributed by atoms with van der Waals surface area (Å²) in [5.74, 6) is 0.869. The minimum absolute atomic E-state index is 0.869. The third-order valence-electron chi connectivity index (χ3n) is 2.42. The maximum Gasteiger partial charge on any atom is 0.207 e. The molecule has 0 aliphatic rings. The summed E-state index contributed by atoms with van der Waals surface area (Å²) in [6.45, 7) is 5.08. The first kappa shape index (κ1) is 11.2. The molecule has 3 nitrogen and oxygen atoms in total.